The SMILES string of the molecule is COc1ccc(Cl)cc1CN1CCN(C(=O)C2CCCC2)CC1. The topological polar surface area (TPSA) is 32.8 Å². The first-order chi connectivity index (χ1) is 11.2. The molecular formula is C18H25ClN2O2. The van der Waals surface area contributed by atoms with Crippen molar-refractivity contribution in [3.63, 3.8) is 0 Å². The van der Waals surface area contributed by atoms with Crippen molar-refractivity contribution >= 4 is 17.5 Å². The van der Waals surface area contributed by atoms with Gasteiger partial charge < -0.3 is 9.64 Å². The van der Waals surface area contributed by atoms with Crippen molar-refractivity contribution in [3.05, 3.63) is 28.8 Å². The van der Waals surface area contributed by atoms with E-state index in [1.807, 2.05) is 18.2 Å². The predicted octanol–water partition coefficient (Wildman–Crippen LogP) is 3.18. The summed E-state index contributed by atoms with van der Waals surface area (Å²) in [5, 5.41) is 0.732. The lowest BCUT2D eigenvalue weighted by molar-refractivity contribution is -0.137. The van der Waals surface area contributed by atoms with Gasteiger partial charge in [0.1, 0.15) is 5.75 Å². The van der Waals surface area contributed by atoms with Crippen molar-refractivity contribution in [1.82, 2.24) is 9.80 Å². The van der Waals surface area contributed by atoms with Gasteiger partial charge in [0.05, 0.1) is 7.11 Å². The summed E-state index contributed by atoms with van der Waals surface area (Å²) >= 11 is 6.10. The Bertz CT molecular complexity index is 550. The monoisotopic (exact) mass is 336 g/mol. The number of rotatable bonds is 4. The summed E-state index contributed by atoms with van der Waals surface area (Å²) in [5.41, 5.74) is 1.11. The summed E-state index contributed by atoms with van der Waals surface area (Å²) in [5.74, 6) is 1.54. The molecule has 1 aliphatic heterocycles. The van der Waals surface area contributed by atoms with Gasteiger partial charge in [0.2, 0.25) is 5.91 Å². The first-order valence-corrected chi connectivity index (χ1v) is 8.88. The molecule has 1 saturated heterocycles. The Hall–Kier alpha value is -1.26. The summed E-state index contributed by atoms with van der Waals surface area (Å²) in [6, 6.07) is 5.73. The van der Waals surface area contributed by atoms with Crippen LogP contribution in [-0.2, 0) is 11.3 Å². The molecule has 3 rings (SSSR count). The highest BCUT2D eigenvalue weighted by molar-refractivity contribution is 6.30. The molecule has 5 heteroatoms. The zero-order chi connectivity index (χ0) is 16.2. The van der Waals surface area contributed by atoms with E-state index in [0.717, 1.165) is 61.9 Å². The molecule has 0 bridgehead atoms. The number of methoxy groups -OCH3 is 1. The van der Waals surface area contributed by atoms with Gasteiger partial charge in [-0.25, -0.2) is 0 Å². The molecule has 1 saturated carbocycles. The minimum Gasteiger partial charge on any atom is -0.496 e. The van der Waals surface area contributed by atoms with Crippen molar-refractivity contribution < 1.29 is 9.53 Å². The minimum absolute atomic E-state index is 0.287. The zero-order valence-corrected chi connectivity index (χ0v) is 14.5. The molecule has 1 heterocycles. The summed E-state index contributed by atoms with van der Waals surface area (Å²) in [6.07, 6.45) is 4.59. The molecule has 2 fully saturated rings. The second-order valence-electron chi connectivity index (χ2n) is 6.54. The highest BCUT2D eigenvalue weighted by atomic mass is 35.5. The number of ether oxygens (including phenoxy) is 1. The first kappa shape index (κ1) is 16.6. The van der Waals surface area contributed by atoms with Gasteiger partial charge in [-0.05, 0) is 31.0 Å². The zero-order valence-electron chi connectivity index (χ0n) is 13.8. The van der Waals surface area contributed by atoms with Crippen LogP contribution < -0.4 is 4.74 Å². The van der Waals surface area contributed by atoms with Crippen LogP contribution in [0.15, 0.2) is 18.2 Å². The fourth-order valence-electron chi connectivity index (χ4n) is 3.67. The Balaban J connectivity index is 1.55. The van der Waals surface area contributed by atoms with Crippen LogP contribution in [-0.4, -0.2) is 49.0 Å². The van der Waals surface area contributed by atoms with Crippen molar-refractivity contribution in [2.24, 2.45) is 5.92 Å². The molecule has 0 unspecified atom stereocenters. The highest BCUT2D eigenvalue weighted by Gasteiger charge is 2.29. The second-order valence-corrected chi connectivity index (χ2v) is 6.98. The quantitative estimate of drug-likeness (QED) is 0.846. The molecule has 0 atom stereocenters. The number of piperazine rings is 1. The minimum atomic E-state index is 0.287. The lowest BCUT2D eigenvalue weighted by Gasteiger charge is -2.36. The molecule has 1 amide bonds. The van der Waals surface area contributed by atoms with E-state index in [1.54, 1.807) is 7.11 Å². The van der Waals surface area contributed by atoms with Gasteiger partial charge in [-0.1, -0.05) is 24.4 Å². The maximum Gasteiger partial charge on any atom is 0.225 e. The second kappa shape index (κ2) is 7.54. The van der Waals surface area contributed by atoms with Crippen LogP contribution in [0.25, 0.3) is 0 Å². The third-order valence-electron chi connectivity index (χ3n) is 5.02. The molecular weight excluding hydrogens is 312 g/mol. The molecule has 23 heavy (non-hydrogen) atoms. The van der Waals surface area contributed by atoms with Crippen LogP contribution in [0.5, 0.6) is 5.75 Å². The van der Waals surface area contributed by atoms with Crippen LogP contribution in [0.1, 0.15) is 31.2 Å². The number of carbonyl (C=O) groups is 1. The van der Waals surface area contributed by atoms with E-state index >= 15 is 0 Å². The van der Waals surface area contributed by atoms with Crippen molar-refractivity contribution in [2.45, 2.75) is 32.2 Å². The molecule has 0 spiro atoms. The standard InChI is InChI=1S/C18H25ClN2O2/c1-23-17-7-6-16(19)12-15(17)13-20-8-10-21(11-9-20)18(22)14-4-2-3-5-14/h6-7,12,14H,2-5,8-11,13H2,1H3. The molecule has 0 N–H and O–H groups in total. The number of halogens is 1. The Morgan fingerprint density at radius 1 is 1.22 bits per heavy atom. The lowest BCUT2D eigenvalue weighted by atomic mass is 10.1. The van der Waals surface area contributed by atoms with E-state index in [-0.39, 0.29) is 5.92 Å². The maximum absolute atomic E-state index is 12.5. The molecule has 126 valence electrons. The number of nitrogens with zero attached hydrogens (tertiary/aromatic N) is 2. The third-order valence-corrected chi connectivity index (χ3v) is 5.26. The molecule has 2 aliphatic rings. The summed E-state index contributed by atoms with van der Waals surface area (Å²) < 4.78 is 5.42. The molecule has 4 nitrogen and oxygen atoms in total. The van der Waals surface area contributed by atoms with Crippen LogP contribution >= 0.6 is 11.6 Å². The predicted molar refractivity (Wildman–Crippen MR) is 91.8 cm³/mol. The fourth-order valence-corrected chi connectivity index (χ4v) is 3.86. The fraction of sp³-hybridized carbons (Fsp3) is 0.611. The van der Waals surface area contributed by atoms with Crippen molar-refractivity contribution in [1.29, 1.82) is 0 Å². The summed E-state index contributed by atoms with van der Waals surface area (Å²) in [7, 11) is 1.69. The molecule has 0 radical (unpaired) electrons. The Kier molecular flexibility index (Phi) is 5.44. The van der Waals surface area contributed by atoms with Crippen LogP contribution in [0.2, 0.25) is 5.02 Å². The van der Waals surface area contributed by atoms with Crippen LogP contribution in [0, 0.1) is 5.92 Å². The van der Waals surface area contributed by atoms with E-state index in [9.17, 15) is 4.79 Å². The third kappa shape index (κ3) is 3.99. The van der Waals surface area contributed by atoms with Crippen molar-refractivity contribution in [2.75, 3.05) is 33.3 Å². The smallest absolute Gasteiger partial charge is 0.225 e. The Morgan fingerprint density at radius 2 is 1.91 bits per heavy atom. The van der Waals surface area contributed by atoms with E-state index in [0.29, 0.717) is 5.91 Å². The molecule has 1 aromatic rings. The van der Waals surface area contributed by atoms with Gasteiger partial charge in [-0.15, -0.1) is 0 Å². The van der Waals surface area contributed by atoms with E-state index in [1.165, 1.54) is 12.8 Å². The van der Waals surface area contributed by atoms with Crippen LogP contribution in [0.3, 0.4) is 0 Å². The van der Waals surface area contributed by atoms with E-state index < -0.39 is 0 Å². The highest BCUT2D eigenvalue weighted by Crippen LogP contribution is 2.28. The lowest BCUT2D eigenvalue weighted by Crippen LogP contribution is -2.49. The van der Waals surface area contributed by atoms with Gasteiger partial charge >= 0.3 is 0 Å². The largest absolute Gasteiger partial charge is 0.496 e. The number of hydrogen-bond donors (Lipinski definition) is 0. The van der Waals surface area contributed by atoms with Gasteiger partial charge in [0, 0.05) is 49.2 Å². The summed E-state index contributed by atoms with van der Waals surface area (Å²) in [4.78, 5) is 16.9. The van der Waals surface area contributed by atoms with Gasteiger partial charge in [-0.3, -0.25) is 9.69 Å². The van der Waals surface area contributed by atoms with Crippen molar-refractivity contribution in [3.8, 4) is 5.75 Å². The molecule has 1 aromatic carbocycles. The average Bonchev–Trinajstić information content (AvgIpc) is 3.10. The number of hydrogen-bond acceptors (Lipinski definition) is 3. The Morgan fingerprint density at radius 3 is 2.57 bits per heavy atom. The number of benzene rings is 1. The average molecular weight is 337 g/mol. The van der Waals surface area contributed by atoms with E-state index in [2.05, 4.69) is 9.80 Å². The van der Waals surface area contributed by atoms with Crippen LogP contribution in [0.4, 0.5) is 0 Å². The van der Waals surface area contributed by atoms with Gasteiger partial charge in [-0.2, -0.15) is 0 Å². The normalized spacial score (nSPS) is 20.0. The number of amides is 1. The molecule has 1 aliphatic carbocycles. The van der Waals surface area contributed by atoms with Gasteiger partial charge in [0.15, 0.2) is 0 Å². The maximum atomic E-state index is 12.5. The number of carbonyl (C=O) groups excluding carboxylic acids is 1. The Labute approximate surface area is 143 Å². The van der Waals surface area contributed by atoms with E-state index in [4.69, 9.17) is 16.3 Å². The summed E-state index contributed by atoms with van der Waals surface area (Å²) in [6.45, 7) is 4.30. The first-order valence-electron chi connectivity index (χ1n) is 8.51. The van der Waals surface area contributed by atoms with Gasteiger partial charge in [0.25, 0.3) is 0 Å². The molecule has 0 aromatic heterocycles.